The van der Waals surface area contributed by atoms with E-state index in [0.29, 0.717) is 5.92 Å². The van der Waals surface area contributed by atoms with Gasteiger partial charge < -0.3 is 14.8 Å². The summed E-state index contributed by atoms with van der Waals surface area (Å²) in [5.41, 5.74) is 1.67. The molecule has 0 radical (unpaired) electrons. The molecular formula is C16H21N5O. The molecular weight excluding hydrogens is 278 g/mol. The van der Waals surface area contributed by atoms with Gasteiger partial charge in [0.05, 0.1) is 0 Å². The Morgan fingerprint density at radius 2 is 2.32 bits per heavy atom. The van der Waals surface area contributed by atoms with Crippen molar-refractivity contribution in [3.63, 3.8) is 0 Å². The highest BCUT2D eigenvalue weighted by molar-refractivity contribution is 5.89. The Hall–Kier alpha value is -2.37. The van der Waals surface area contributed by atoms with Gasteiger partial charge in [0.25, 0.3) is 0 Å². The lowest BCUT2D eigenvalue weighted by molar-refractivity contribution is 0.205. The summed E-state index contributed by atoms with van der Waals surface area (Å²) in [5, 5.41) is 2.91. The van der Waals surface area contributed by atoms with Gasteiger partial charge in [-0.3, -0.25) is 4.98 Å². The quantitative estimate of drug-likeness (QED) is 0.946. The summed E-state index contributed by atoms with van der Waals surface area (Å²) in [6, 6.07) is 3.59. The molecule has 0 saturated heterocycles. The Morgan fingerprint density at radius 1 is 1.45 bits per heavy atom. The number of imidazole rings is 1. The van der Waals surface area contributed by atoms with Gasteiger partial charge in [0.15, 0.2) is 0 Å². The highest BCUT2D eigenvalue weighted by Crippen LogP contribution is 2.19. The van der Waals surface area contributed by atoms with Crippen LogP contribution in [-0.2, 0) is 13.0 Å². The first-order chi connectivity index (χ1) is 10.6. The first kappa shape index (κ1) is 14.6. The van der Waals surface area contributed by atoms with Crippen molar-refractivity contribution < 1.29 is 4.79 Å². The summed E-state index contributed by atoms with van der Waals surface area (Å²) < 4.78 is 2.19. The fourth-order valence-electron chi connectivity index (χ4n) is 2.90. The number of anilines is 1. The van der Waals surface area contributed by atoms with Crippen LogP contribution in [0.4, 0.5) is 10.5 Å². The molecule has 2 aromatic rings. The van der Waals surface area contributed by atoms with Gasteiger partial charge in [0, 0.05) is 56.5 Å². The summed E-state index contributed by atoms with van der Waals surface area (Å²) in [4.78, 5) is 22.5. The lowest BCUT2D eigenvalue weighted by Gasteiger charge is -2.28. The van der Waals surface area contributed by atoms with E-state index in [1.807, 2.05) is 32.4 Å². The van der Waals surface area contributed by atoms with Crippen LogP contribution in [0.5, 0.6) is 0 Å². The molecule has 22 heavy (non-hydrogen) atoms. The zero-order valence-corrected chi connectivity index (χ0v) is 13.0. The van der Waals surface area contributed by atoms with Crippen molar-refractivity contribution in [1.29, 1.82) is 0 Å². The maximum Gasteiger partial charge on any atom is 0.321 e. The lowest BCUT2D eigenvalue weighted by Crippen LogP contribution is -2.37. The van der Waals surface area contributed by atoms with Crippen molar-refractivity contribution in [3.05, 3.63) is 42.2 Å². The molecule has 116 valence electrons. The molecule has 3 rings (SSSR count). The first-order valence-electron chi connectivity index (χ1n) is 7.56. The van der Waals surface area contributed by atoms with Crippen LogP contribution in [-0.4, -0.2) is 39.1 Å². The third-order valence-corrected chi connectivity index (χ3v) is 4.06. The van der Waals surface area contributed by atoms with E-state index in [1.54, 1.807) is 17.2 Å². The molecule has 1 unspecified atom stereocenters. The van der Waals surface area contributed by atoms with E-state index >= 15 is 0 Å². The van der Waals surface area contributed by atoms with Crippen LogP contribution < -0.4 is 5.32 Å². The number of carbonyl (C=O) groups is 1. The largest absolute Gasteiger partial charge is 0.335 e. The van der Waals surface area contributed by atoms with Crippen molar-refractivity contribution in [2.75, 3.05) is 18.9 Å². The van der Waals surface area contributed by atoms with Crippen molar-refractivity contribution in [3.8, 4) is 0 Å². The van der Waals surface area contributed by atoms with Gasteiger partial charge in [-0.05, 0) is 31.4 Å². The summed E-state index contributed by atoms with van der Waals surface area (Å²) in [6.07, 6.45) is 7.62. The maximum atomic E-state index is 12.3. The third-order valence-electron chi connectivity index (χ3n) is 4.06. The Bertz CT molecular complexity index is 666. The van der Waals surface area contributed by atoms with E-state index in [9.17, 15) is 4.79 Å². The summed E-state index contributed by atoms with van der Waals surface area (Å²) in [6.45, 7) is 3.58. The minimum absolute atomic E-state index is 0.0815. The molecule has 1 aliphatic rings. The van der Waals surface area contributed by atoms with E-state index in [0.717, 1.165) is 43.1 Å². The Kier molecular flexibility index (Phi) is 4.09. The Labute approximate surface area is 130 Å². The van der Waals surface area contributed by atoms with E-state index in [-0.39, 0.29) is 6.03 Å². The van der Waals surface area contributed by atoms with E-state index in [2.05, 4.69) is 19.9 Å². The van der Waals surface area contributed by atoms with Gasteiger partial charge >= 0.3 is 6.03 Å². The highest BCUT2D eigenvalue weighted by atomic mass is 16.2. The molecule has 1 N–H and O–H groups in total. The maximum absolute atomic E-state index is 12.3. The second-order valence-electron chi connectivity index (χ2n) is 5.90. The minimum Gasteiger partial charge on any atom is -0.335 e. The van der Waals surface area contributed by atoms with Gasteiger partial charge in [-0.15, -0.1) is 0 Å². The van der Waals surface area contributed by atoms with Crippen LogP contribution in [0.2, 0.25) is 0 Å². The number of nitrogens with one attached hydrogen (secondary N) is 1. The predicted octanol–water partition coefficient (Wildman–Crippen LogP) is 2.31. The average molecular weight is 299 g/mol. The molecule has 0 fully saturated rings. The highest BCUT2D eigenvalue weighted by Gasteiger charge is 2.21. The Morgan fingerprint density at radius 3 is 3.14 bits per heavy atom. The number of hydrogen-bond donors (Lipinski definition) is 1. The number of aromatic nitrogens is 3. The zero-order valence-electron chi connectivity index (χ0n) is 13.0. The molecule has 0 bridgehead atoms. The van der Waals surface area contributed by atoms with Crippen molar-refractivity contribution >= 4 is 11.7 Å². The molecule has 0 spiro atoms. The fraction of sp³-hybridized carbons (Fsp3) is 0.438. The van der Waals surface area contributed by atoms with E-state index < -0.39 is 0 Å². The van der Waals surface area contributed by atoms with Gasteiger partial charge in [0.2, 0.25) is 0 Å². The normalized spacial score (nSPS) is 16.9. The standard InChI is InChI=1S/C16H21N5O/c1-12-9-14(5-6-17-12)19-16(22)20(2)10-13-3-4-15-18-7-8-21(15)11-13/h5-9,13H,3-4,10-11H2,1-2H3,(H,17,19,22). The van der Waals surface area contributed by atoms with Crippen LogP contribution in [0.3, 0.4) is 0 Å². The molecule has 2 aromatic heterocycles. The summed E-state index contributed by atoms with van der Waals surface area (Å²) in [5.74, 6) is 1.62. The molecule has 6 heteroatoms. The second-order valence-corrected chi connectivity index (χ2v) is 5.90. The molecule has 0 aliphatic carbocycles. The van der Waals surface area contributed by atoms with Crippen LogP contribution in [0, 0.1) is 12.8 Å². The average Bonchev–Trinajstić information content (AvgIpc) is 2.94. The fourth-order valence-corrected chi connectivity index (χ4v) is 2.90. The SMILES string of the molecule is Cc1cc(NC(=O)N(C)CC2CCc3nccn3C2)ccn1. The lowest BCUT2D eigenvalue weighted by atomic mass is 9.99. The number of fused-ring (bicyclic) bond motifs is 1. The van der Waals surface area contributed by atoms with Crippen LogP contribution in [0.15, 0.2) is 30.7 Å². The predicted molar refractivity (Wildman–Crippen MR) is 84.7 cm³/mol. The number of nitrogens with zero attached hydrogens (tertiary/aromatic N) is 4. The monoisotopic (exact) mass is 299 g/mol. The number of rotatable bonds is 3. The smallest absolute Gasteiger partial charge is 0.321 e. The van der Waals surface area contributed by atoms with E-state index in [1.165, 1.54) is 0 Å². The molecule has 2 amide bonds. The third kappa shape index (κ3) is 3.27. The number of aryl methyl sites for hydroxylation is 2. The number of carbonyl (C=O) groups excluding carboxylic acids is 1. The molecule has 0 aromatic carbocycles. The van der Waals surface area contributed by atoms with E-state index in [4.69, 9.17) is 0 Å². The van der Waals surface area contributed by atoms with Crippen molar-refractivity contribution in [1.82, 2.24) is 19.4 Å². The molecule has 6 nitrogen and oxygen atoms in total. The van der Waals surface area contributed by atoms with Crippen molar-refractivity contribution in [2.45, 2.75) is 26.3 Å². The minimum atomic E-state index is -0.0815. The van der Waals surface area contributed by atoms with Gasteiger partial charge in [0.1, 0.15) is 5.82 Å². The van der Waals surface area contributed by atoms with Gasteiger partial charge in [-0.1, -0.05) is 0 Å². The number of pyridine rings is 1. The van der Waals surface area contributed by atoms with Gasteiger partial charge in [-0.25, -0.2) is 9.78 Å². The van der Waals surface area contributed by atoms with Crippen molar-refractivity contribution in [2.24, 2.45) is 5.92 Å². The van der Waals surface area contributed by atoms with Crippen LogP contribution >= 0.6 is 0 Å². The number of hydrogen-bond acceptors (Lipinski definition) is 3. The van der Waals surface area contributed by atoms with Crippen LogP contribution in [0.25, 0.3) is 0 Å². The second kappa shape index (κ2) is 6.17. The molecule has 0 saturated carbocycles. The van der Waals surface area contributed by atoms with Gasteiger partial charge in [-0.2, -0.15) is 0 Å². The molecule has 1 aliphatic heterocycles. The zero-order chi connectivity index (χ0) is 15.5. The topological polar surface area (TPSA) is 63.1 Å². The molecule has 1 atom stereocenters. The first-order valence-corrected chi connectivity index (χ1v) is 7.56. The molecule has 3 heterocycles. The summed E-state index contributed by atoms with van der Waals surface area (Å²) in [7, 11) is 1.84. The van der Waals surface area contributed by atoms with Crippen LogP contribution in [0.1, 0.15) is 17.9 Å². The number of amides is 2. The Balaban J connectivity index is 1.55. The summed E-state index contributed by atoms with van der Waals surface area (Å²) >= 11 is 0. The number of urea groups is 1.